The molecule has 150 valence electrons. The Morgan fingerprint density at radius 2 is 1.72 bits per heavy atom. The quantitative estimate of drug-likeness (QED) is 0.620. The van der Waals surface area contributed by atoms with Crippen molar-refractivity contribution in [3.05, 3.63) is 48.0 Å². The minimum atomic E-state index is -1.00. The number of aryl methyl sites for hydroxylation is 1. The van der Waals surface area contributed by atoms with E-state index in [-0.39, 0.29) is 5.91 Å². The molecule has 0 saturated heterocycles. The molecule has 0 bridgehead atoms. The predicted octanol–water partition coefficient (Wildman–Crippen LogP) is 2.59. The van der Waals surface area contributed by atoms with Crippen molar-refractivity contribution in [3.63, 3.8) is 0 Å². The van der Waals surface area contributed by atoms with Crippen molar-refractivity contribution in [2.45, 2.75) is 33.4 Å². The number of anilines is 2. The van der Waals surface area contributed by atoms with Gasteiger partial charge in [-0.15, -0.1) is 5.10 Å². The number of hydrogen-bond donors (Lipinski definition) is 2. The Hall–Kier alpha value is -3.75. The Morgan fingerprint density at radius 1 is 1.07 bits per heavy atom. The van der Waals surface area contributed by atoms with Gasteiger partial charge in [0, 0.05) is 24.8 Å². The van der Waals surface area contributed by atoms with Crippen molar-refractivity contribution in [3.8, 4) is 0 Å². The molecule has 29 heavy (non-hydrogen) atoms. The summed E-state index contributed by atoms with van der Waals surface area (Å²) in [5.41, 5.74) is 2.82. The van der Waals surface area contributed by atoms with E-state index in [4.69, 9.17) is 4.74 Å². The van der Waals surface area contributed by atoms with E-state index in [2.05, 4.69) is 20.9 Å². The lowest BCUT2D eigenvalue weighted by Crippen LogP contribution is -2.30. The zero-order valence-corrected chi connectivity index (χ0v) is 16.3. The number of hydrogen-bond acceptors (Lipinski definition) is 6. The normalized spacial score (nSPS) is 11.7. The third-order valence-electron chi connectivity index (χ3n) is 4.18. The number of nitrogens with zero attached hydrogens (tertiary/aromatic N) is 3. The number of benzene rings is 2. The van der Waals surface area contributed by atoms with Crippen molar-refractivity contribution in [1.29, 1.82) is 0 Å². The molecule has 9 heteroatoms. The van der Waals surface area contributed by atoms with Crippen molar-refractivity contribution in [2.24, 2.45) is 0 Å². The molecule has 0 unspecified atom stereocenters. The minimum Gasteiger partial charge on any atom is -0.449 e. The lowest BCUT2D eigenvalue weighted by molar-refractivity contribution is -0.123. The molecule has 0 aliphatic carbocycles. The number of fused-ring (bicyclic) bond motifs is 1. The summed E-state index contributed by atoms with van der Waals surface area (Å²) >= 11 is 0. The summed E-state index contributed by atoms with van der Waals surface area (Å²) in [5, 5.41) is 13.3. The molecule has 0 aliphatic rings. The van der Waals surface area contributed by atoms with Gasteiger partial charge in [-0.25, -0.2) is 9.48 Å². The highest BCUT2D eigenvalue weighted by atomic mass is 16.5. The molecule has 0 radical (unpaired) electrons. The maximum atomic E-state index is 12.4. The summed E-state index contributed by atoms with van der Waals surface area (Å²) in [6.45, 7) is 5.52. The first-order valence-electron chi connectivity index (χ1n) is 9.10. The van der Waals surface area contributed by atoms with Gasteiger partial charge in [-0.3, -0.25) is 9.59 Å². The van der Waals surface area contributed by atoms with Crippen LogP contribution in [-0.2, 0) is 20.9 Å². The fourth-order valence-electron chi connectivity index (χ4n) is 2.70. The highest BCUT2D eigenvalue weighted by molar-refractivity contribution is 5.98. The fourth-order valence-corrected chi connectivity index (χ4v) is 2.70. The van der Waals surface area contributed by atoms with E-state index in [1.807, 2.05) is 6.92 Å². The summed E-state index contributed by atoms with van der Waals surface area (Å²) < 4.78 is 6.99. The van der Waals surface area contributed by atoms with Crippen LogP contribution in [0.2, 0.25) is 0 Å². The average molecular weight is 395 g/mol. The van der Waals surface area contributed by atoms with Crippen molar-refractivity contribution < 1.29 is 19.1 Å². The standard InChI is InChI=1S/C20H21N5O4/c1-4-25-18-10-5-14(11-17(18)23-24-25)20(28)29-12(2)19(27)22-16-8-6-15(7-9-16)21-13(3)26/h5-12H,4H2,1-3H3,(H,21,26)(H,22,27)/t12-/m1/s1. The SMILES string of the molecule is CCn1nnc2cc(C(=O)O[C@H](C)C(=O)Nc3ccc(NC(C)=O)cc3)ccc21. The number of carbonyl (C=O) groups is 3. The maximum absolute atomic E-state index is 12.4. The number of rotatable bonds is 6. The number of carbonyl (C=O) groups excluding carboxylic acids is 3. The molecule has 3 aromatic rings. The molecule has 0 saturated carbocycles. The molecule has 2 amide bonds. The Bertz CT molecular complexity index is 1060. The van der Waals surface area contributed by atoms with Gasteiger partial charge in [0.25, 0.3) is 5.91 Å². The summed E-state index contributed by atoms with van der Waals surface area (Å²) in [4.78, 5) is 35.7. The number of aromatic nitrogens is 3. The first-order chi connectivity index (χ1) is 13.9. The second kappa shape index (κ2) is 8.51. The van der Waals surface area contributed by atoms with Gasteiger partial charge in [0.1, 0.15) is 5.52 Å². The molecule has 3 rings (SSSR count). The van der Waals surface area contributed by atoms with Crippen molar-refractivity contribution in [1.82, 2.24) is 15.0 Å². The largest absolute Gasteiger partial charge is 0.449 e. The first-order valence-corrected chi connectivity index (χ1v) is 9.10. The third-order valence-corrected chi connectivity index (χ3v) is 4.18. The predicted molar refractivity (Wildman–Crippen MR) is 107 cm³/mol. The van der Waals surface area contributed by atoms with Gasteiger partial charge in [0.05, 0.1) is 11.1 Å². The van der Waals surface area contributed by atoms with Crippen LogP contribution in [0, 0.1) is 0 Å². The van der Waals surface area contributed by atoms with Crippen molar-refractivity contribution >= 4 is 40.2 Å². The summed E-state index contributed by atoms with van der Waals surface area (Å²) in [6, 6.07) is 11.6. The van der Waals surface area contributed by atoms with E-state index in [0.29, 0.717) is 29.0 Å². The van der Waals surface area contributed by atoms with E-state index in [1.165, 1.54) is 13.8 Å². The van der Waals surface area contributed by atoms with Gasteiger partial charge >= 0.3 is 5.97 Å². The van der Waals surface area contributed by atoms with E-state index < -0.39 is 18.0 Å². The first kappa shape index (κ1) is 20.0. The lowest BCUT2D eigenvalue weighted by atomic mass is 10.2. The monoisotopic (exact) mass is 395 g/mol. The van der Waals surface area contributed by atoms with Crippen LogP contribution < -0.4 is 10.6 Å². The zero-order chi connectivity index (χ0) is 21.0. The molecule has 0 spiro atoms. The van der Waals surface area contributed by atoms with Gasteiger partial charge in [-0.1, -0.05) is 5.21 Å². The van der Waals surface area contributed by atoms with E-state index in [1.54, 1.807) is 47.1 Å². The summed E-state index contributed by atoms with van der Waals surface area (Å²) in [7, 11) is 0. The van der Waals surface area contributed by atoms with Crippen LogP contribution in [0.15, 0.2) is 42.5 Å². The molecule has 2 N–H and O–H groups in total. The van der Waals surface area contributed by atoms with Gasteiger partial charge in [-0.05, 0) is 56.3 Å². The van der Waals surface area contributed by atoms with Gasteiger partial charge < -0.3 is 15.4 Å². The summed E-state index contributed by atoms with van der Waals surface area (Å²) in [6.07, 6.45) is -1.00. The number of esters is 1. The Kier molecular flexibility index (Phi) is 5.87. The second-order valence-electron chi connectivity index (χ2n) is 6.40. The van der Waals surface area contributed by atoms with Crippen LogP contribution in [0.5, 0.6) is 0 Å². The van der Waals surface area contributed by atoms with Crippen LogP contribution in [0.1, 0.15) is 31.1 Å². The highest BCUT2D eigenvalue weighted by Gasteiger charge is 2.20. The number of amides is 2. The molecular formula is C20H21N5O4. The Balaban J connectivity index is 1.61. The highest BCUT2D eigenvalue weighted by Crippen LogP contribution is 2.16. The molecule has 0 fully saturated rings. The van der Waals surface area contributed by atoms with Crippen LogP contribution in [0.3, 0.4) is 0 Å². The van der Waals surface area contributed by atoms with Gasteiger partial charge in [0.2, 0.25) is 5.91 Å². The fraction of sp³-hybridized carbons (Fsp3) is 0.250. The lowest BCUT2D eigenvalue weighted by Gasteiger charge is -2.14. The second-order valence-corrected chi connectivity index (χ2v) is 6.40. The third kappa shape index (κ3) is 4.75. The van der Waals surface area contributed by atoms with Crippen LogP contribution in [0.25, 0.3) is 11.0 Å². The van der Waals surface area contributed by atoms with Crippen LogP contribution in [-0.4, -0.2) is 38.9 Å². The molecule has 9 nitrogen and oxygen atoms in total. The minimum absolute atomic E-state index is 0.183. The topological polar surface area (TPSA) is 115 Å². The van der Waals surface area contributed by atoms with E-state index >= 15 is 0 Å². The molecule has 1 aromatic heterocycles. The smallest absolute Gasteiger partial charge is 0.338 e. The van der Waals surface area contributed by atoms with Gasteiger partial charge in [0.15, 0.2) is 6.10 Å². The maximum Gasteiger partial charge on any atom is 0.338 e. The number of nitrogens with one attached hydrogen (secondary N) is 2. The Labute approximate surface area is 167 Å². The molecule has 1 atom stereocenters. The van der Waals surface area contributed by atoms with Gasteiger partial charge in [-0.2, -0.15) is 0 Å². The summed E-state index contributed by atoms with van der Waals surface area (Å²) in [5.74, 6) is -1.28. The van der Waals surface area contributed by atoms with E-state index in [0.717, 1.165) is 5.52 Å². The molecule has 0 aliphatic heterocycles. The average Bonchev–Trinajstić information content (AvgIpc) is 3.11. The van der Waals surface area contributed by atoms with Crippen molar-refractivity contribution in [2.75, 3.05) is 10.6 Å². The van der Waals surface area contributed by atoms with Crippen LogP contribution in [0.4, 0.5) is 11.4 Å². The van der Waals surface area contributed by atoms with Crippen LogP contribution >= 0.6 is 0 Å². The molecular weight excluding hydrogens is 374 g/mol. The molecule has 2 aromatic carbocycles. The zero-order valence-electron chi connectivity index (χ0n) is 16.3. The van der Waals surface area contributed by atoms with E-state index in [9.17, 15) is 14.4 Å². The Morgan fingerprint density at radius 3 is 2.34 bits per heavy atom. The number of ether oxygens (including phenoxy) is 1. The molecule has 1 heterocycles.